The normalized spacial score (nSPS) is 21.3. The molecule has 2 aliphatic rings. The maximum Gasteiger partial charge on any atom is 0.276 e. The van der Waals surface area contributed by atoms with E-state index in [1.165, 1.54) is 0 Å². The Balaban J connectivity index is 1.60. The zero-order valence-electron chi connectivity index (χ0n) is 15.7. The smallest absolute Gasteiger partial charge is 0.276 e. The molecule has 144 valence electrons. The quantitative estimate of drug-likeness (QED) is 0.854. The van der Waals surface area contributed by atoms with Crippen molar-refractivity contribution in [1.29, 1.82) is 0 Å². The van der Waals surface area contributed by atoms with Crippen molar-refractivity contribution in [1.82, 2.24) is 9.78 Å². The average Bonchev–Trinajstić information content (AvgIpc) is 3.27. The highest BCUT2D eigenvalue weighted by molar-refractivity contribution is 7.91. The van der Waals surface area contributed by atoms with Crippen LogP contribution < -0.4 is 5.32 Å². The Hall–Kier alpha value is -2.15. The third-order valence-electron chi connectivity index (χ3n) is 5.51. The van der Waals surface area contributed by atoms with Crippen molar-refractivity contribution in [2.24, 2.45) is 0 Å². The van der Waals surface area contributed by atoms with E-state index in [0.717, 1.165) is 41.8 Å². The van der Waals surface area contributed by atoms with Gasteiger partial charge in [-0.25, -0.2) is 8.42 Å². The zero-order valence-corrected chi connectivity index (χ0v) is 16.6. The van der Waals surface area contributed by atoms with Gasteiger partial charge in [0.2, 0.25) is 0 Å². The first-order valence-electron chi connectivity index (χ1n) is 9.57. The molecule has 1 amide bonds. The van der Waals surface area contributed by atoms with Crippen LogP contribution in [0.4, 0.5) is 5.69 Å². The molecule has 27 heavy (non-hydrogen) atoms. The van der Waals surface area contributed by atoms with Crippen molar-refractivity contribution >= 4 is 21.4 Å². The van der Waals surface area contributed by atoms with Gasteiger partial charge < -0.3 is 5.32 Å². The number of anilines is 1. The van der Waals surface area contributed by atoms with E-state index >= 15 is 0 Å². The highest BCUT2D eigenvalue weighted by Crippen LogP contribution is 2.42. The fourth-order valence-corrected chi connectivity index (χ4v) is 5.37. The number of aryl methyl sites for hydroxylation is 2. The molecular formula is C20H25N3O3S. The minimum Gasteiger partial charge on any atom is -0.320 e. The summed E-state index contributed by atoms with van der Waals surface area (Å²) in [6.45, 7) is 4.04. The maximum atomic E-state index is 12.8. The number of benzene rings is 1. The lowest BCUT2D eigenvalue weighted by Crippen LogP contribution is -2.17. The van der Waals surface area contributed by atoms with Gasteiger partial charge in [-0.1, -0.05) is 19.1 Å². The van der Waals surface area contributed by atoms with Crippen molar-refractivity contribution in [3.8, 4) is 0 Å². The lowest BCUT2D eigenvalue weighted by molar-refractivity contribution is 0.102. The second kappa shape index (κ2) is 6.78. The molecule has 1 unspecified atom stereocenters. The molecule has 1 saturated heterocycles. The van der Waals surface area contributed by atoms with Gasteiger partial charge in [0, 0.05) is 17.3 Å². The standard InChI is InChI=1S/C20H25N3O3S/c1-3-14-5-4-13(2)17(10-14)21-20(24)18-11-19(15-6-7-15)23(22-18)16-8-9-27(25,26)12-16/h4-5,10-11,15-16H,3,6-9,12H2,1-2H3,(H,21,24). The summed E-state index contributed by atoms with van der Waals surface area (Å²) in [5.74, 6) is 0.472. The molecule has 2 aromatic rings. The summed E-state index contributed by atoms with van der Waals surface area (Å²) < 4.78 is 25.6. The molecule has 0 spiro atoms. The van der Waals surface area contributed by atoms with Gasteiger partial charge in [-0.3, -0.25) is 9.48 Å². The molecule has 2 fully saturated rings. The predicted molar refractivity (Wildman–Crippen MR) is 105 cm³/mol. The number of rotatable bonds is 5. The zero-order chi connectivity index (χ0) is 19.2. The van der Waals surface area contributed by atoms with E-state index in [1.54, 1.807) is 0 Å². The predicted octanol–water partition coefficient (Wildman–Crippen LogP) is 3.24. The summed E-state index contributed by atoms with van der Waals surface area (Å²) in [5, 5.41) is 7.50. The Morgan fingerprint density at radius 3 is 2.67 bits per heavy atom. The Bertz CT molecular complexity index is 990. The minimum atomic E-state index is -3.00. The van der Waals surface area contributed by atoms with Gasteiger partial charge in [-0.15, -0.1) is 0 Å². The Morgan fingerprint density at radius 2 is 2.04 bits per heavy atom. The summed E-state index contributed by atoms with van der Waals surface area (Å²) >= 11 is 0. The second-order valence-corrected chi connectivity index (χ2v) is 9.92. The van der Waals surface area contributed by atoms with Crippen molar-refractivity contribution in [2.75, 3.05) is 16.8 Å². The first-order valence-corrected chi connectivity index (χ1v) is 11.4. The molecule has 1 aromatic heterocycles. The Labute approximate surface area is 159 Å². The summed E-state index contributed by atoms with van der Waals surface area (Å²) in [6, 6.07) is 7.75. The summed E-state index contributed by atoms with van der Waals surface area (Å²) in [5.41, 5.74) is 4.33. The van der Waals surface area contributed by atoms with Crippen molar-refractivity contribution in [3.05, 3.63) is 46.8 Å². The summed E-state index contributed by atoms with van der Waals surface area (Å²) in [7, 11) is -3.00. The van der Waals surface area contributed by atoms with Crippen molar-refractivity contribution < 1.29 is 13.2 Å². The molecule has 4 rings (SSSR count). The molecule has 1 N–H and O–H groups in total. The number of aromatic nitrogens is 2. The molecule has 7 heteroatoms. The third kappa shape index (κ3) is 3.78. The highest BCUT2D eigenvalue weighted by Gasteiger charge is 2.36. The summed E-state index contributed by atoms with van der Waals surface area (Å²) in [6.07, 6.45) is 3.62. The molecule has 1 saturated carbocycles. The largest absolute Gasteiger partial charge is 0.320 e. The van der Waals surface area contributed by atoms with Crippen LogP contribution in [-0.4, -0.2) is 35.6 Å². The first kappa shape index (κ1) is 18.2. The summed E-state index contributed by atoms with van der Waals surface area (Å²) in [4.78, 5) is 12.8. The van der Waals surface area contributed by atoms with Gasteiger partial charge in [-0.05, 0) is 55.9 Å². The van der Waals surface area contributed by atoms with E-state index in [1.807, 2.05) is 29.8 Å². The van der Waals surface area contributed by atoms with Crippen LogP contribution in [-0.2, 0) is 16.3 Å². The number of hydrogen-bond donors (Lipinski definition) is 1. The molecule has 1 aliphatic heterocycles. The van der Waals surface area contributed by atoms with Crippen LogP contribution in [0.1, 0.15) is 65.5 Å². The minimum absolute atomic E-state index is 0.118. The number of nitrogens with zero attached hydrogens (tertiary/aromatic N) is 2. The van der Waals surface area contributed by atoms with E-state index in [4.69, 9.17) is 0 Å². The van der Waals surface area contributed by atoms with E-state index in [2.05, 4.69) is 23.4 Å². The molecule has 2 heterocycles. The monoisotopic (exact) mass is 387 g/mol. The van der Waals surface area contributed by atoms with Gasteiger partial charge in [-0.2, -0.15) is 5.10 Å². The highest BCUT2D eigenvalue weighted by atomic mass is 32.2. The van der Waals surface area contributed by atoms with E-state index < -0.39 is 9.84 Å². The number of carbonyl (C=O) groups is 1. The average molecular weight is 388 g/mol. The van der Waals surface area contributed by atoms with Gasteiger partial charge >= 0.3 is 0 Å². The van der Waals surface area contributed by atoms with Crippen LogP contribution in [0.15, 0.2) is 24.3 Å². The lowest BCUT2D eigenvalue weighted by Gasteiger charge is -2.12. The molecule has 0 radical (unpaired) electrons. The number of hydrogen-bond acceptors (Lipinski definition) is 4. The molecular weight excluding hydrogens is 362 g/mol. The fourth-order valence-electron chi connectivity index (χ4n) is 3.67. The van der Waals surface area contributed by atoms with Crippen LogP contribution in [0.25, 0.3) is 0 Å². The number of sulfone groups is 1. The fraction of sp³-hybridized carbons (Fsp3) is 0.500. The van der Waals surface area contributed by atoms with Crippen LogP contribution in [0, 0.1) is 6.92 Å². The number of nitrogens with one attached hydrogen (secondary N) is 1. The van der Waals surface area contributed by atoms with Crippen molar-refractivity contribution in [3.63, 3.8) is 0 Å². The number of amides is 1. The first-order chi connectivity index (χ1) is 12.9. The van der Waals surface area contributed by atoms with Crippen LogP contribution in [0.2, 0.25) is 0 Å². The lowest BCUT2D eigenvalue weighted by atomic mass is 10.1. The second-order valence-electron chi connectivity index (χ2n) is 7.69. The molecule has 6 nitrogen and oxygen atoms in total. The SMILES string of the molecule is CCc1ccc(C)c(NC(=O)c2cc(C3CC3)n(C3CCS(=O)(=O)C3)n2)c1. The topological polar surface area (TPSA) is 81.1 Å². The third-order valence-corrected chi connectivity index (χ3v) is 7.26. The molecule has 1 aromatic carbocycles. The van der Waals surface area contributed by atoms with Gasteiger partial charge in [0.15, 0.2) is 15.5 Å². The Morgan fingerprint density at radius 1 is 1.26 bits per heavy atom. The van der Waals surface area contributed by atoms with Crippen LogP contribution in [0.3, 0.4) is 0 Å². The maximum absolute atomic E-state index is 12.8. The van der Waals surface area contributed by atoms with Crippen molar-refractivity contribution in [2.45, 2.75) is 51.5 Å². The van der Waals surface area contributed by atoms with Gasteiger partial charge in [0.25, 0.3) is 5.91 Å². The van der Waals surface area contributed by atoms with Crippen LogP contribution >= 0.6 is 0 Å². The molecule has 1 aliphatic carbocycles. The Kier molecular flexibility index (Phi) is 4.58. The molecule has 0 bridgehead atoms. The van der Waals surface area contributed by atoms with Crippen LogP contribution in [0.5, 0.6) is 0 Å². The van der Waals surface area contributed by atoms with Gasteiger partial charge in [0.05, 0.1) is 17.5 Å². The van der Waals surface area contributed by atoms with Gasteiger partial charge in [0.1, 0.15) is 0 Å². The van der Waals surface area contributed by atoms with E-state index in [9.17, 15) is 13.2 Å². The van der Waals surface area contributed by atoms with E-state index in [0.29, 0.717) is 18.0 Å². The van der Waals surface area contributed by atoms with E-state index in [-0.39, 0.29) is 23.5 Å². The molecule has 1 atom stereocenters. The number of carbonyl (C=O) groups excluding carboxylic acids is 1.